The normalized spacial score (nSPS) is 12.8. The standard InChI is InChI=1S/C14H24N2O2/c1-15-10-13(17)12-9-11(7-8-16(2)3)5-6-14(12)18-4/h5-6,9,13,15,17H,7-8,10H2,1-4H3. The lowest BCUT2D eigenvalue weighted by molar-refractivity contribution is 0.173. The number of hydrogen-bond donors (Lipinski definition) is 2. The molecule has 0 saturated carbocycles. The van der Waals surface area contributed by atoms with Crippen LogP contribution >= 0.6 is 0 Å². The molecule has 0 saturated heterocycles. The molecule has 0 bridgehead atoms. The molecule has 0 aromatic heterocycles. The van der Waals surface area contributed by atoms with Crippen LogP contribution in [0.2, 0.25) is 0 Å². The summed E-state index contributed by atoms with van der Waals surface area (Å²) in [6.45, 7) is 1.52. The topological polar surface area (TPSA) is 44.7 Å². The van der Waals surface area contributed by atoms with Gasteiger partial charge in [-0.05, 0) is 45.3 Å². The number of nitrogens with zero attached hydrogens (tertiary/aromatic N) is 1. The monoisotopic (exact) mass is 252 g/mol. The third-order valence-electron chi connectivity index (χ3n) is 2.90. The second-order valence-electron chi connectivity index (χ2n) is 4.70. The van der Waals surface area contributed by atoms with Crippen molar-refractivity contribution in [3.05, 3.63) is 29.3 Å². The molecule has 1 aromatic carbocycles. The maximum Gasteiger partial charge on any atom is 0.124 e. The van der Waals surface area contributed by atoms with Gasteiger partial charge in [0.2, 0.25) is 0 Å². The summed E-state index contributed by atoms with van der Waals surface area (Å²) >= 11 is 0. The summed E-state index contributed by atoms with van der Waals surface area (Å²) in [4.78, 5) is 2.15. The molecule has 0 radical (unpaired) electrons. The zero-order chi connectivity index (χ0) is 13.5. The van der Waals surface area contributed by atoms with Crippen LogP contribution in [0, 0.1) is 0 Å². The Hall–Kier alpha value is -1.10. The highest BCUT2D eigenvalue weighted by Gasteiger charge is 2.13. The van der Waals surface area contributed by atoms with Crippen molar-refractivity contribution in [2.45, 2.75) is 12.5 Å². The van der Waals surface area contributed by atoms with Crippen LogP contribution in [0.1, 0.15) is 17.2 Å². The van der Waals surface area contributed by atoms with Crippen LogP contribution in [0.4, 0.5) is 0 Å². The molecule has 0 fully saturated rings. The van der Waals surface area contributed by atoms with Gasteiger partial charge in [-0.15, -0.1) is 0 Å². The van der Waals surface area contributed by atoms with E-state index in [0.29, 0.717) is 6.54 Å². The average molecular weight is 252 g/mol. The van der Waals surface area contributed by atoms with Gasteiger partial charge in [-0.1, -0.05) is 6.07 Å². The zero-order valence-electron chi connectivity index (χ0n) is 11.7. The molecule has 102 valence electrons. The molecule has 0 aliphatic rings. The first-order valence-electron chi connectivity index (χ1n) is 6.22. The van der Waals surface area contributed by atoms with Crippen LogP contribution < -0.4 is 10.1 Å². The Morgan fingerprint density at radius 3 is 2.67 bits per heavy atom. The number of aliphatic hydroxyl groups excluding tert-OH is 1. The molecule has 1 unspecified atom stereocenters. The number of likely N-dealkylation sites (N-methyl/N-ethyl adjacent to an activating group) is 2. The summed E-state index contributed by atoms with van der Waals surface area (Å²) in [5, 5.41) is 13.1. The molecular weight excluding hydrogens is 228 g/mol. The van der Waals surface area contributed by atoms with Crippen molar-refractivity contribution in [1.82, 2.24) is 10.2 Å². The Kier molecular flexibility index (Phi) is 6.12. The lowest BCUT2D eigenvalue weighted by Gasteiger charge is -2.16. The number of methoxy groups -OCH3 is 1. The molecule has 1 atom stereocenters. The third-order valence-corrected chi connectivity index (χ3v) is 2.90. The number of aliphatic hydroxyl groups is 1. The predicted molar refractivity (Wildman–Crippen MR) is 74.1 cm³/mol. The number of rotatable bonds is 7. The average Bonchev–Trinajstić information content (AvgIpc) is 2.36. The second kappa shape index (κ2) is 7.36. The van der Waals surface area contributed by atoms with Gasteiger partial charge >= 0.3 is 0 Å². The predicted octanol–water partition coefficient (Wildman–Crippen LogP) is 1.05. The molecule has 0 heterocycles. The third kappa shape index (κ3) is 4.29. The van der Waals surface area contributed by atoms with Gasteiger partial charge in [0, 0.05) is 18.7 Å². The molecule has 1 rings (SSSR count). The molecular formula is C14H24N2O2. The molecule has 4 heteroatoms. The summed E-state index contributed by atoms with van der Waals surface area (Å²) in [6.07, 6.45) is 0.431. The summed E-state index contributed by atoms with van der Waals surface area (Å²) < 4.78 is 5.30. The van der Waals surface area contributed by atoms with Crippen LogP contribution in [-0.2, 0) is 6.42 Å². The van der Waals surface area contributed by atoms with E-state index >= 15 is 0 Å². The molecule has 0 aliphatic heterocycles. The van der Waals surface area contributed by atoms with E-state index in [1.165, 1.54) is 5.56 Å². The Labute approximate surface area is 110 Å². The molecule has 1 aromatic rings. The Bertz CT molecular complexity index is 367. The highest BCUT2D eigenvalue weighted by molar-refractivity contribution is 5.39. The van der Waals surface area contributed by atoms with Gasteiger partial charge in [0.1, 0.15) is 5.75 Å². The first-order valence-corrected chi connectivity index (χ1v) is 6.22. The minimum Gasteiger partial charge on any atom is -0.496 e. The molecule has 0 aliphatic carbocycles. The highest BCUT2D eigenvalue weighted by atomic mass is 16.5. The maximum absolute atomic E-state index is 10.1. The van der Waals surface area contributed by atoms with Crippen molar-refractivity contribution < 1.29 is 9.84 Å². The Morgan fingerprint density at radius 1 is 1.39 bits per heavy atom. The van der Waals surface area contributed by atoms with Gasteiger partial charge in [0.05, 0.1) is 13.2 Å². The molecule has 4 nitrogen and oxygen atoms in total. The van der Waals surface area contributed by atoms with E-state index in [2.05, 4.69) is 30.4 Å². The number of ether oxygens (including phenoxy) is 1. The molecule has 2 N–H and O–H groups in total. The van der Waals surface area contributed by atoms with Crippen LogP contribution in [0.15, 0.2) is 18.2 Å². The summed E-state index contributed by atoms with van der Waals surface area (Å²) in [7, 11) is 7.57. The highest BCUT2D eigenvalue weighted by Crippen LogP contribution is 2.26. The van der Waals surface area contributed by atoms with E-state index in [0.717, 1.165) is 24.3 Å². The largest absolute Gasteiger partial charge is 0.496 e. The smallest absolute Gasteiger partial charge is 0.124 e. The Balaban J connectivity index is 2.87. The van der Waals surface area contributed by atoms with E-state index in [1.807, 2.05) is 19.2 Å². The van der Waals surface area contributed by atoms with E-state index in [4.69, 9.17) is 4.74 Å². The van der Waals surface area contributed by atoms with Crippen molar-refractivity contribution in [2.24, 2.45) is 0 Å². The molecule has 0 spiro atoms. The quantitative estimate of drug-likeness (QED) is 0.761. The minimum atomic E-state index is -0.538. The summed E-state index contributed by atoms with van der Waals surface area (Å²) in [5.74, 6) is 0.742. The SMILES string of the molecule is CNCC(O)c1cc(CCN(C)C)ccc1OC. The van der Waals surface area contributed by atoms with Gasteiger partial charge in [0.15, 0.2) is 0 Å². The number of nitrogens with one attached hydrogen (secondary N) is 1. The fraction of sp³-hybridized carbons (Fsp3) is 0.571. The van der Waals surface area contributed by atoms with E-state index < -0.39 is 6.10 Å². The lowest BCUT2D eigenvalue weighted by Crippen LogP contribution is -2.18. The van der Waals surface area contributed by atoms with Gasteiger partial charge in [-0.25, -0.2) is 0 Å². The van der Waals surface area contributed by atoms with E-state index in [1.54, 1.807) is 7.11 Å². The van der Waals surface area contributed by atoms with Gasteiger partial charge in [-0.3, -0.25) is 0 Å². The first-order chi connectivity index (χ1) is 8.58. The summed E-state index contributed by atoms with van der Waals surface area (Å²) in [5.41, 5.74) is 2.07. The molecule has 18 heavy (non-hydrogen) atoms. The fourth-order valence-electron chi connectivity index (χ4n) is 1.86. The van der Waals surface area contributed by atoms with Crippen molar-refractivity contribution in [3.63, 3.8) is 0 Å². The van der Waals surface area contributed by atoms with E-state index in [9.17, 15) is 5.11 Å². The van der Waals surface area contributed by atoms with Crippen LogP contribution in [-0.4, -0.2) is 51.3 Å². The fourth-order valence-corrected chi connectivity index (χ4v) is 1.86. The number of hydrogen-bond acceptors (Lipinski definition) is 4. The number of benzene rings is 1. The van der Waals surface area contributed by atoms with Crippen molar-refractivity contribution >= 4 is 0 Å². The van der Waals surface area contributed by atoms with Crippen LogP contribution in [0.5, 0.6) is 5.75 Å². The van der Waals surface area contributed by atoms with Crippen molar-refractivity contribution in [1.29, 1.82) is 0 Å². The van der Waals surface area contributed by atoms with E-state index in [-0.39, 0.29) is 0 Å². The van der Waals surface area contributed by atoms with Crippen molar-refractivity contribution in [2.75, 3.05) is 41.3 Å². The first kappa shape index (κ1) is 15.0. The van der Waals surface area contributed by atoms with Crippen LogP contribution in [0.25, 0.3) is 0 Å². The minimum absolute atomic E-state index is 0.521. The second-order valence-corrected chi connectivity index (χ2v) is 4.70. The summed E-state index contributed by atoms with van der Waals surface area (Å²) in [6, 6.07) is 6.02. The van der Waals surface area contributed by atoms with Gasteiger partial charge in [0.25, 0.3) is 0 Å². The van der Waals surface area contributed by atoms with Crippen LogP contribution in [0.3, 0.4) is 0 Å². The van der Waals surface area contributed by atoms with Crippen molar-refractivity contribution in [3.8, 4) is 5.75 Å². The maximum atomic E-state index is 10.1. The van der Waals surface area contributed by atoms with Gasteiger partial charge < -0.3 is 20.1 Å². The molecule has 0 amide bonds. The Morgan fingerprint density at radius 2 is 2.11 bits per heavy atom. The zero-order valence-corrected chi connectivity index (χ0v) is 11.7. The van der Waals surface area contributed by atoms with Gasteiger partial charge in [-0.2, -0.15) is 0 Å². The lowest BCUT2D eigenvalue weighted by atomic mass is 10.0.